The van der Waals surface area contributed by atoms with Crippen LogP contribution in [-0.2, 0) is 17.7 Å². The van der Waals surface area contributed by atoms with E-state index >= 15 is 0 Å². The summed E-state index contributed by atoms with van der Waals surface area (Å²) >= 11 is 0. The Morgan fingerprint density at radius 2 is 1.89 bits per heavy atom. The van der Waals surface area contributed by atoms with E-state index in [1.807, 2.05) is 31.2 Å². The molecule has 0 unspecified atom stereocenters. The molecule has 2 N–H and O–H groups in total. The molecule has 1 saturated heterocycles. The molecular weight excluding hydrogens is 450 g/mol. The average molecular weight is 478 g/mol. The van der Waals surface area contributed by atoms with Crippen LogP contribution in [0.1, 0.15) is 28.7 Å². The number of rotatable bonds is 5. The summed E-state index contributed by atoms with van der Waals surface area (Å²) in [5.41, 5.74) is 3.67. The van der Waals surface area contributed by atoms with E-state index in [4.69, 9.17) is 19.1 Å². The van der Waals surface area contributed by atoms with Gasteiger partial charge in [0.15, 0.2) is 17.9 Å². The van der Waals surface area contributed by atoms with Crippen molar-refractivity contribution >= 4 is 23.4 Å². The third-order valence-electron chi connectivity index (χ3n) is 6.03. The lowest BCUT2D eigenvalue weighted by molar-refractivity contribution is 0.0725. The van der Waals surface area contributed by atoms with Crippen LogP contribution in [0.3, 0.4) is 0 Å². The number of benzene rings is 1. The van der Waals surface area contributed by atoms with E-state index in [0.29, 0.717) is 50.8 Å². The molecule has 3 aromatic rings. The molecule has 11 heteroatoms. The summed E-state index contributed by atoms with van der Waals surface area (Å²) in [4.78, 5) is 42.5. The van der Waals surface area contributed by atoms with Crippen LogP contribution in [0.2, 0.25) is 0 Å². The molecule has 1 fully saturated rings. The lowest BCUT2D eigenvalue weighted by Gasteiger charge is -2.34. The second-order valence-electron chi connectivity index (χ2n) is 8.31. The van der Waals surface area contributed by atoms with Gasteiger partial charge in [-0.25, -0.2) is 19.7 Å². The first-order chi connectivity index (χ1) is 17.1. The number of urea groups is 1. The second-order valence-corrected chi connectivity index (χ2v) is 8.31. The number of anilines is 2. The summed E-state index contributed by atoms with van der Waals surface area (Å²) in [5, 5.41) is 5.50. The van der Waals surface area contributed by atoms with Crippen molar-refractivity contribution in [2.24, 2.45) is 0 Å². The minimum absolute atomic E-state index is 0.182. The van der Waals surface area contributed by atoms with Gasteiger partial charge in [-0.15, -0.1) is 0 Å². The standard InChI is InChI=1S/C24H27N7O4/c1-2-25-24(33)27-17-5-3-16(4-6-17)21-28-19-13-31(23(32)20-14-35-15-26-20)8-7-18(19)22(29-21)30-9-11-34-12-10-30/h3-6,14-15H,2,7-13H2,1H3,(H2,25,27,33). The number of nitrogens with one attached hydrogen (secondary N) is 2. The lowest BCUT2D eigenvalue weighted by atomic mass is 10.0. The van der Waals surface area contributed by atoms with Crippen molar-refractivity contribution in [1.82, 2.24) is 25.2 Å². The van der Waals surface area contributed by atoms with Crippen molar-refractivity contribution in [1.29, 1.82) is 0 Å². The van der Waals surface area contributed by atoms with Gasteiger partial charge in [-0.05, 0) is 37.6 Å². The van der Waals surface area contributed by atoms with Crippen molar-refractivity contribution in [3.05, 3.63) is 53.9 Å². The fraction of sp³-hybridized carbons (Fsp3) is 0.375. The van der Waals surface area contributed by atoms with E-state index in [1.165, 1.54) is 12.7 Å². The number of ether oxygens (including phenoxy) is 1. The topological polar surface area (TPSA) is 126 Å². The summed E-state index contributed by atoms with van der Waals surface area (Å²) in [6.45, 7) is 6.12. The molecule has 0 saturated carbocycles. The number of amides is 3. The number of morpholine rings is 1. The molecule has 0 spiro atoms. The van der Waals surface area contributed by atoms with Crippen LogP contribution in [-0.4, -0.2) is 71.2 Å². The van der Waals surface area contributed by atoms with E-state index in [1.54, 1.807) is 4.90 Å². The third-order valence-corrected chi connectivity index (χ3v) is 6.03. The molecule has 2 aromatic heterocycles. The monoisotopic (exact) mass is 477 g/mol. The van der Waals surface area contributed by atoms with Crippen LogP contribution in [0, 0.1) is 0 Å². The van der Waals surface area contributed by atoms with Crippen LogP contribution < -0.4 is 15.5 Å². The number of aromatic nitrogens is 3. The van der Waals surface area contributed by atoms with Gasteiger partial charge < -0.3 is 29.6 Å². The Kier molecular flexibility index (Phi) is 6.57. The lowest BCUT2D eigenvalue weighted by Crippen LogP contribution is -2.41. The highest BCUT2D eigenvalue weighted by molar-refractivity contribution is 5.92. The summed E-state index contributed by atoms with van der Waals surface area (Å²) in [6, 6.07) is 7.16. The quantitative estimate of drug-likeness (QED) is 0.573. The van der Waals surface area contributed by atoms with Gasteiger partial charge in [-0.3, -0.25) is 4.79 Å². The molecule has 1 aromatic carbocycles. The van der Waals surface area contributed by atoms with Crippen LogP contribution in [0.4, 0.5) is 16.3 Å². The maximum Gasteiger partial charge on any atom is 0.319 e. The zero-order valence-corrected chi connectivity index (χ0v) is 19.5. The smallest absolute Gasteiger partial charge is 0.319 e. The van der Waals surface area contributed by atoms with E-state index in [9.17, 15) is 9.59 Å². The van der Waals surface area contributed by atoms with E-state index < -0.39 is 0 Å². The summed E-state index contributed by atoms with van der Waals surface area (Å²) in [5.74, 6) is 1.29. The molecule has 182 valence electrons. The predicted octanol–water partition coefficient (Wildman–Crippen LogP) is 2.31. The molecule has 5 rings (SSSR count). The number of nitrogens with zero attached hydrogens (tertiary/aromatic N) is 5. The SMILES string of the molecule is CCNC(=O)Nc1ccc(-c2nc3c(c(N4CCOCC4)n2)CCN(C(=O)c2cocn2)C3)cc1. The molecule has 3 amide bonds. The van der Waals surface area contributed by atoms with Gasteiger partial charge in [0.1, 0.15) is 12.1 Å². The molecule has 0 atom stereocenters. The van der Waals surface area contributed by atoms with Crippen LogP contribution in [0.15, 0.2) is 41.3 Å². The maximum absolute atomic E-state index is 12.9. The maximum atomic E-state index is 12.9. The van der Waals surface area contributed by atoms with Crippen molar-refractivity contribution in [2.75, 3.05) is 49.6 Å². The van der Waals surface area contributed by atoms with Crippen molar-refractivity contribution in [3.63, 3.8) is 0 Å². The van der Waals surface area contributed by atoms with Gasteiger partial charge in [0.05, 0.1) is 25.5 Å². The Hall–Kier alpha value is -3.99. The van der Waals surface area contributed by atoms with Gasteiger partial charge in [-0.1, -0.05) is 0 Å². The molecule has 11 nitrogen and oxygen atoms in total. The Morgan fingerprint density at radius 1 is 1.09 bits per heavy atom. The number of hydrogen-bond donors (Lipinski definition) is 2. The first-order valence-corrected chi connectivity index (χ1v) is 11.7. The molecule has 35 heavy (non-hydrogen) atoms. The first kappa shape index (κ1) is 22.8. The molecule has 0 aliphatic carbocycles. The second kappa shape index (κ2) is 10.1. The Labute approximate surface area is 202 Å². The summed E-state index contributed by atoms with van der Waals surface area (Å²) in [6.07, 6.45) is 3.27. The third kappa shape index (κ3) is 4.94. The number of carbonyl (C=O) groups excluding carboxylic acids is 2. The summed E-state index contributed by atoms with van der Waals surface area (Å²) in [7, 11) is 0. The highest BCUT2D eigenvalue weighted by Gasteiger charge is 2.29. The van der Waals surface area contributed by atoms with Gasteiger partial charge in [0, 0.05) is 43.0 Å². The number of fused-ring (bicyclic) bond motifs is 1. The first-order valence-electron chi connectivity index (χ1n) is 11.7. The normalized spacial score (nSPS) is 15.5. The molecule has 2 aliphatic rings. The number of hydrogen-bond acceptors (Lipinski definition) is 8. The van der Waals surface area contributed by atoms with E-state index in [0.717, 1.165) is 35.7 Å². The summed E-state index contributed by atoms with van der Waals surface area (Å²) < 4.78 is 10.5. The van der Waals surface area contributed by atoms with Gasteiger partial charge in [0.2, 0.25) is 0 Å². The minimum atomic E-state index is -0.253. The molecule has 0 bridgehead atoms. The van der Waals surface area contributed by atoms with Crippen molar-refractivity contribution in [3.8, 4) is 11.4 Å². The highest BCUT2D eigenvalue weighted by Crippen LogP contribution is 2.31. The van der Waals surface area contributed by atoms with E-state index in [-0.39, 0.29) is 17.6 Å². The zero-order chi connectivity index (χ0) is 24.2. The van der Waals surface area contributed by atoms with Crippen LogP contribution in [0.25, 0.3) is 11.4 Å². The minimum Gasteiger partial charge on any atom is -0.451 e. The van der Waals surface area contributed by atoms with Gasteiger partial charge >= 0.3 is 6.03 Å². The van der Waals surface area contributed by atoms with Gasteiger partial charge in [0.25, 0.3) is 5.91 Å². The van der Waals surface area contributed by atoms with Crippen LogP contribution >= 0.6 is 0 Å². The Bertz CT molecular complexity index is 1190. The Balaban J connectivity index is 1.46. The fourth-order valence-corrected chi connectivity index (χ4v) is 4.27. The zero-order valence-electron chi connectivity index (χ0n) is 19.5. The average Bonchev–Trinajstić information content (AvgIpc) is 3.43. The number of oxazole rings is 1. The largest absolute Gasteiger partial charge is 0.451 e. The molecule has 2 aliphatic heterocycles. The van der Waals surface area contributed by atoms with Crippen LogP contribution in [0.5, 0.6) is 0 Å². The van der Waals surface area contributed by atoms with Gasteiger partial charge in [-0.2, -0.15) is 0 Å². The predicted molar refractivity (Wildman–Crippen MR) is 128 cm³/mol. The molecule has 4 heterocycles. The Morgan fingerprint density at radius 3 is 2.60 bits per heavy atom. The fourth-order valence-electron chi connectivity index (χ4n) is 4.27. The molecule has 0 radical (unpaired) electrons. The van der Waals surface area contributed by atoms with E-state index in [2.05, 4.69) is 20.5 Å². The molecular formula is C24H27N7O4. The van der Waals surface area contributed by atoms with Crippen molar-refractivity contribution < 1.29 is 18.7 Å². The highest BCUT2D eigenvalue weighted by atomic mass is 16.5. The number of carbonyl (C=O) groups is 2. The van der Waals surface area contributed by atoms with Crippen molar-refractivity contribution in [2.45, 2.75) is 19.9 Å².